The molecule has 1 atom stereocenters. The molecular weight excluding hydrogens is 460 g/mol. The van der Waals surface area contributed by atoms with Gasteiger partial charge in [0.25, 0.3) is 5.91 Å². The van der Waals surface area contributed by atoms with E-state index in [2.05, 4.69) is 10.2 Å². The molecule has 1 fully saturated rings. The first kappa shape index (κ1) is 24.9. The molecule has 0 unspecified atom stereocenters. The number of nitrogens with two attached hydrogens (primary N) is 1. The number of hydrogen-bond donors (Lipinski definition) is 2. The molecule has 3 aromatic rings. The molecule has 3 N–H and O–H groups in total. The molecule has 4 rings (SSSR count). The van der Waals surface area contributed by atoms with Crippen LogP contribution in [0.3, 0.4) is 0 Å². The number of hydrogen-bond acceptors (Lipinski definition) is 7. The molecule has 1 saturated heterocycles. The van der Waals surface area contributed by atoms with Crippen molar-refractivity contribution in [2.45, 2.75) is 31.3 Å². The standard InChI is InChI=1S/C26H32N6O2S/c1-17(2)23(24(27)33)30-25-18-8-4-6-10-20(18)28-22(29-25)16-31-12-14-32(15-13-31)26(34)19-9-5-7-11-21(19)35-3/h4-11,17,23H,12-16H2,1-3H3,(H2,27,33)(H,28,29,30)/t23-/m0/s1. The van der Waals surface area contributed by atoms with Crippen LogP contribution >= 0.6 is 11.8 Å². The van der Waals surface area contributed by atoms with Gasteiger partial charge in [0, 0.05) is 36.5 Å². The van der Waals surface area contributed by atoms with Gasteiger partial charge in [-0.05, 0) is 36.4 Å². The summed E-state index contributed by atoms with van der Waals surface area (Å²) in [5.41, 5.74) is 7.20. The zero-order valence-electron chi connectivity index (χ0n) is 20.4. The molecule has 0 radical (unpaired) electrons. The monoisotopic (exact) mass is 492 g/mol. The fourth-order valence-corrected chi connectivity index (χ4v) is 4.91. The van der Waals surface area contributed by atoms with Gasteiger partial charge in [0.15, 0.2) is 0 Å². The second-order valence-electron chi connectivity index (χ2n) is 9.04. The Morgan fingerprint density at radius 3 is 2.40 bits per heavy atom. The molecule has 0 bridgehead atoms. The summed E-state index contributed by atoms with van der Waals surface area (Å²) in [6.07, 6.45) is 1.99. The molecule has 35 heavy (non-hydrogen) atoms. The van der Waals surface area contributed by atoms with Crippen LogP contribution in [0.5, 0.6) is 0 Å². The summed E-state index contributed by atoms with van der Waals surface area (Å²) in [6, 6.07) is 15.0. The number of primary amides is 1. The van der Waals surface area contributed by atoms with Crippen LogP contribution in [0.2, 0.25) is 0 Å². The molecule has 0 aliphatic carbocycles. The Labute approximate surface area is 210 Å². The number of anilines is 1. The molecule has 1 aromatic heterocycles. The Bertz CT molecular complexity index is 1210. The number of nitrogens with zero attached hydrogens (tertiary/aromatic N) is 4. The van der Waals surface area contributed by atoms with Crippen molar-refractivity contribution in [3.8, 4) is 0 Å². The van der Waals surface area contributed by atoms with Gasteiger partial charge in [0.1, 0.15) is 17.7 Å². The summed E-state index contributed by atoms with van der Waals surface area (Å²) in [6.45, 7) is 7.24. The largest absolute Gasteiger partial charge is 0.368 e. The Kier molecular flexibility index (Phi) is 7.87. The van der Waals surface area contributed by atoms with Crippen LogP contribution in [0.1, 0.15) is 30.0 Å². The van der Waals surface area contributed by atoms with Crippen LogP contribution in [0, 0.1) is 5.92 Å². The highest BCUT2D eigenvalue weighted by atomic mass is 32.2. The summed E-state index contributed by atoms with van der Waals surface area (Å²) in [7, 11) is 0. The minimum Gasteiger partial charge on any atom is -0.368 e. The fourth-order valence-electron chi connectivity index (χ4n) is 4.32. The normalized spacial score (nSPS) is 15.4. The van der Waals surface area contributed by atoms with Crippen molar-refractivity contribution in [1.82, 2.24) is 19.8 Å². The van der Waals surface area contributed by atoms with Gasteiger partial charge >= 0.3 is 0 Å². The van der Waals surface area contributed by atoms with E-state index in [1.807, 2.05) is 73.5 Å². The number of thioether (sulfide) groups is 1. The second kappa shape index (κ2) is 11.0. The van der Waals surface area contributed by atoms with Crippen LogP contribution in [0.4, 0.5) is 5.82 Å². The van der Waals surface area contributed by atoms with Gasteiger partial charge in [-0.3, -0.25) is 14.5 Å². The van der Waals surface area contributed by atoms with E-state index in [0.29, 0.717) is 31.3 Å². The molecule has 9 heteroatoms. The van der Waals surface area contributed by atoms with Crippen molar-refractivity contribution in [2.75, 3.05) is 37.8 Å². The van der Waals surface area contributed by atoms with Gasteiger partial charge in [-0.1, -0.05) is 38.1 Å². The summed E-state index contributed by atoms with van der Waals surface area (Å²) >= 11 is 1.59. The summed E-state index contributed by atoms with van der Waals surface area (Å²) in [5, 5.41) is 4.10. The van der Waals surface area contributed by atoms with Crippen LogP contribution in [0.25, 0.3) is 10.9 Å². The molecule has 1 aliphatic rings. The third-order valence-corrected chi connectivity index (χ3v) is 7.07. The maximum absolute atomic E-state index is 13.1. The molecule has 2 heterocycles. The van der Waals surface area contributed by atoms with E-state index in [9.17, 15) is 9.59 Å². The number of piperazine rings is 1. The number of aromatic nitrogens is 2. The quantitative estimate of drug-likeness (QED) is 0.465. The van der Waals surface area contributed by atoms with Crippen molar-refractivity contribution >= 4 is 40.3 Å². The highest BCUT2D eigenvalue weighted by molar-refractivity contribution is 7.98. The van der Waals surface area contributed by atoms with E-state index in [1.165, 1.54) is 0 Å². The number of fused-ring (bicyclic) bond motifs is 1. The van der Waals surface area contributed by atoms with Gasteiger partial charge in [-0.25, -0.2) is 9.97 Å². The Hall–Kier alpha value is -3.17. The van der Waals surface area contributed by atoms with Gasteiger partial charge in [0.2, 0.25) is 5.91 Å². The predicted molar refractivity (Wildman–Crippen MR) is 140 cm³/mol. The molecule has 8 nitrogen and oxygen atoms in total. The number of rotatable bonds is 8. The SMILES string of the molecule is CSc1ccccc1C(=O)N1CCN(Cc2nc(N[C@H](C(N)=O)C(C)C)c3ccccc3n2)CC1. The Balaban J connectivity index is 1.48. The molecule has 2 aromatic carbocycles. The lowest BCUT2D eigenvalue weighted by molar-refractivity contribution is -0.119. The van der Waals surface area contributed by atoms with E-state index >= 15 is 0 Å². The van der Waals surface area contributed by atoms with Crippen LogP contribution in [-0.2, 0) is 11.3 Å². The molecule has 0 saturated carbocycles. The van der Waals surface area contributed by atoms with E-state index in [-0.39, 0.29) is 11.8 Å². The van der Waals surface area contributed by atoms with E-state index in [4.69, 9.17) is 15.7 Å². The van der Waals surface area contributed by atoms with Crippen molar-refractivity contribution in [3.05, 3.63) is 59.9 Å². The molecule has 1 aliphatic heterocycles. The van der Waals surface area contributed by atoms with Gasteiger partial charge < -0.3 is 16.0 Å². The highest BCUT2D eigenvalue weighted by Gasteiger charge is 2.25. The first-order valence-electron chi connectivity index (χ1n) is 11.8. The maximum atomic E-state index is 13.1. The highest BCUT2D eigenvalue weighted by Crippen LogP contribution is 2.24. The zero-order chi connectivity index (χ0) is 24.9. The zero-order valence-corrected chi connectivity index (χ0v) is 21.2. The van der Waals surface area contributed by atoms with Gasteiger partial charge in [-0.2, -0.15) is 0 Å². The fraction of sp³-hybridized carbons (Fsp3) is 0.385. The predicted octanol–water partition coefficient (Wildman–Crippen LogP) is 3.23. The minimum atomic E-state index is -0.528. The van der Waals surface area contributed by atoms with Crippen molar-refractivity contribution in [1.29, 1.82) is 0 Å². The first-order valence-corrected chi connectivity index (χ1v) is 13.1. The summed E-state index contributed by atoms with van der Waals surface area (Å²) in [4.78, 5) is 39.8. The summed E-state index contributed by atoms with van der Waals surface area (Å²) < 4.78 is 0. The van der Waals surface area contributed by atoms with E-state index in [0.717, 1.165) is 34.5 Å². The van der Waals surface area contributed by atoms with Crippen LogP contribution in [0.15, 0.2) is 53.4 Å². The number of carbonyl (C=O) groups excluding carboxylic acids is 2. The Morgan fingerprint density at radius 2 is 1.71 bits per heavy atom. The first-order chi connectivity index (χ1) is 16.9. The lowest BCUT2D eigenvalue weighted by Crippen LogP contribution is -2.48. The van der Waals surface area contributed by atoms with E-state index < -0.39 is 11.9 Å². The maximum Gasteiger partial charge on any atom is 0.255 e. The van der Waals surface area contributed by atoms with E-state index in [1.54, 1.807) is 11.8 Å². The smallest absolute Gasteiger partial charge is 0.255 e. The van der Waals surface area contributed by atoms with Crippen LogP contribution < -0.4 is 11.1 Å². The van der Waals surface area contributed by atoms with Crippen LogP contribution in [-0.4, -0.2) is 70.1 Å². The molecular formula is C26H32N6O2S. The number of nitrogens with one attached hydrogen (secondary N) is 1. The van der Waals surface area contributed by atoms with Gasteiger partial charge in [-0.15, -0.1) is 11.8 Å². The number of carbonyl (C=O) groups is 2. The molecule has 0 spiro atoms. The average molecular weight is 493 g/mol. The molecule has 184 valence electrons. The van der Waals surface area contributed by atoms with Gasteiger partial charge in [0.05, 0.1) is 17.6 Å². The molecule has 2 amide bonds. The van der Waals surface area contributed by atoms with Crippen molar-refractivity contribution in [3.63, 3.8) is 0 Å². The lowest BCUT2D eigenvalue weighted by Gasteiger charge is -2.34. The summed E-state index contributed by atoms with van der Waals surface area (Å²) in [5.74, 6) is 0.977. The number of amides is 2. The number of para-hydroxylation sites is 1. The minimum absolute atomic E-state index is 0.0199. The second-order valence-corrected chi connectivity index (χ2v) is 9.89. The topological polar surface area (TPSA) is 104 Å². The Morgan fingerprint density at radius 1 is 1.03 bits per heavy atom. The third kappa shape index (κ3) is 5.74. The van der Waals surface area contributed by atoms with Crippen molar-refractivity contribution < 1.29 is 9.59 Å². The number of benzene rings is 2. The third-order valence-electron chi connectivity index (χ3n) is 6.28. The lowest BCUT2D eigenvalue weighted by atomic mass is 10.0. The average Bonchev–Trinajstić information content (AvgIpc) is 2.86. The van der Waals surface area contributed by atoms with Crippen molar-refractivity contribution in [2.24, 2.45) is 11.7 Å².